The number of rotatable bonds is 9. The van der Waals surface area contributed by atoms with E-state index in [0.29, 0.717) is 0 Å². The third-order valence-corrected chi connectivity index (χ3v) is 6.56. The zero-order chi connectivity index (χ0) is 25.0. The van der Waals surface area contributed by atoms with Crippen molar-refractivity contribution in [1.29, 1.82) is 0 Å². The van der Waals surface area contributed by atoms with E-state index in [0.717, 1.165) is 12.1 Å². The van der Waals surface area contributed by atoms with Gasteiger partial charge in [-0.25, -0.2) is 13.2 Å². The topological polar surface area (TPSA) is 107 Å². The van der Waals surface area contributed by atoms with Crippen LogP contribution < -0.4 is 10.1 Å². The van der Waals surface area contributed by atoms with Gasteiger partial charge in [-0.2, -0.15) is 4.31 Å². The van der Waals surface area contributed by atoms with E-state index in [1.807, 2.05) is 0 Å². The Kier molecular flexibility index (Phi) is 8.14. The molecule has 2 rings (SSSR count). The van der Waals surface area contributed by atoms with Crippen LogP contribution in [0.1, 0.15) is 31.3 Å². The number of hydrogen-bond acceptors (Lipinski definition) is 6. The number of ether oxygens (including phenoxy) is 2. The van der Waals surface area contributed by atoms with E-state index in [2.05, 4.69) is 10.1 Å². The van der Waals surface area contributed by atoms with E-state index < -0.39 is 40.1 Å². The van der Waals surface area contributed by atoms with Gasteiger partial charge in [0, 0.05) is 32.0 Å². The maximum Gasteiger partial charge on any atom is 0.573 e. The number of carbonyl (C=O) groups is 2. The number of carbonyl (C=O) groups excluding carboxylic acids is 2. The zero-order valence-electron chi connectivity index (χ0n) is 18.3. The summed E-state index contributed by atoms with van der Waals surface area (Å²) in [5, 5.41) is 2.40. The number of aryl methyl sites for hydroxylation is 1. The van der Waals surface area contributed by atoms with Crippen LogP contribution in [-0.2, 0) is 26.6 Å². The van der Waals surface area contributed by atoms with Gasteiger partial charge in [-0.3, -0.25) is 4.79 Å². The number of esters is 1. The zero-order valence-corrected chi connectivity index (χ0v) is 19.2. The first kappa shape index (κ1) is 26.2. The lowest BCUT2D eigenvalue weighted by Crippen LogP contribution is -2.30. The number of benzene rings is 1. The van der Waals surface area contributed by atoms with Crippen LogP contribution in [0.2, 0.25) is 0 Å². The molecule has 1 heterocycles. The number of nitrogens with one attached hydrogen (secondary N) is 1. The number of amides is 1. The largest absolute Gasteiger partial charge is 0.573 e. The fourth-order valence-corrected chi connectivity index (χ4v) is 4.38. The van der Waals surface area contributed by atoms with Gasteiger partial charge < -0.3 is 19.4 Å². The summed E-state index contributed by atoms with van der Waals surface area (Å²) in [6.45, 7) is 5.19. The Balaban J connectivity index is 2.05. The molecule has 1 aromatic carbocycles. The van der Waals surface area contributed by atoms with Crippen LogP contribution in [0, 0.1) is 0 Å². The van der Waals surface area contributed by atoms with Crippen LogP contribution in [0.3, 0.4) is 0 Å². The highest BCUT2D eigenvalue weighted by Crippen LogP contribution is 2.24. The lowest BCUT2D eigenvalue weighted by Gasteiger charge is -2.17. The number of halogens is 3. The maximum absolute atomic E-state index is 12.6. The summed E-state index contributed by atoms with van der Waals surface area (Å²) in [5.74, 6) is -2.12. The quantitative estimate of drug-likeness (QED) is 0.540. The Morgan fingerprint density at radius 2 is 1.73 bits per heavy atom. The Bertz CT molecular complexity index is 1090. The molecule has 1 atom stereocenters. The normalized spacial score (nSPS) is 13.0. The van der Waals surface area contributed by atoms with Gasteiger partial charge in [-0.1, -0.05) is 13.8 Å². The Hall–Kier alpha value is -3.06. The molecule has 0 aliphatic rings. The van der Waals surface area contributed by atoms with Crippen molar-refractivity contribution < 1.29 is 40.7 Å². The number of hydrogen-bond donors (Lipinski definition) is 1. The SMILES string of the molecule is CCN(CC)S(=O)(=O)c1cc(C(=O)OC(C)C(=O)Nc2ccc(OC(F)(F)F)cc2)n(C)c1. The summed E-state index contributed by atoms with van der Waals surface area (Å²) in [6.07, 6.45) is -4.84. The molecule has 9 nitrogen and oxygen atoms in total. The van der Waals surface area contributed by atoms with Gasteiger partial charge in [0.05, 0.1) is 0 Å². The molecule has 0 aliphatic carbocycles. The molecular weight excluding hydrogens is 467 g/mol. The molecule has 1 aromatic heterocycles. The van der Waals surface area contributed by atoms with Gasteiger partial charge in [0.15, 0.2) is 6.10 Å². The number of sulfonamides is 1. The number of anilines is 1. The molecule has 0 saturated carbocycles. The lowest BCUT2D eigenvalue weighted by atomic mass is 10.3. The van der Waals surface area contributed by atoms with Gasteiger partial charge in [0.25, 0.3) is 5.91 Å². The van der Waals surface area contributed by atoms with Gasteiger partial charge in [-0.05, 0) is 37.3 Å². The van der Waals surface area contributed by atoms with Crippen LogP contribution in [0.15, 0.2) is 41.4 Å². The Labute approximate surface area is 189 Å². The van der Waals surface area contributed by atoms with Gasteiger partial charge in [0.1, 0.15) is 16.3 Å². The van der Waals surface area contributed by atoms with Crippen LogP contribution in [0.5, 0.6) is 5.75 Å². The monoisotopic (exact) mass is 491 g/mol. The van der Waals surface area contributed by atoms with Crippen LogP contribution in [0.4, 0.5) is 18.9 Å². The van der Waals surface area contributed by atoms with Gasteiger partial charge >= 0.3 is 12.3 Å². The highest BCUT2D eigenvalue weighted by molar-refractivity contribution is 7.89. The minimum Gasteiger partial charge on any atom is -0.448 e. The summed E-state index contributed by atoms with van der Waals surface area (Å²) in [6, 6.07) is 5.58. The van der Waals surface area contributed by atoms with Crippen LogP contribution in [0.25, 0.3) is 0 Å². The first-order chi connectivity index (χ1) is 15.3. The smallest absolute Gasteiger partial charge is 0.448 e. The van der Waals surface area contributed by atoms with E-state index in [9.17, 15) is 31.2 Å². The van der Waals surface area contributed by atoms with E-state index >= 15 is 0 Å². The van der Waals surface area contributed by atoms with Crippen LogP contribution >= 0.6 is 0 Å². The highest BCUT2D eigenvalue weighted by atomic mass is 32.2. The number of nitrogens with zero attached hydrogens (tertiary/aromatic N) is 2. The minimum atomic E-state index is -4.84. The first-order valence-electron chi connectivity index (χ1n) is 9.82. The van der Waals surface area contributed by atoms with E-state index in [1.165, 1.54) is 47.2 Å². The average molecular weight is 491 g/mol. The highest BCUT2D eigenvalue weighted by Gasteiger charge is 2.31. The second kappa shape index (κ2) is 10.3. The molecule has 1 unspecified atom stereocenters. The fourth-order valence-electron chi connectivity index (χ4n) is 2.85. The van der Waals surface area contributed by atoms with Crippen molar-refractivity contribution in [2.24, 2.45) is 7.05 Å². The first-order valence-corrected chi connectivity index (χ1v) is 11.3. The number of aromatic nitrogens is 1. The number of alkyl halides is 3. The molecule has 0 radical (unpaired) electrons. The molecule has 182 valence electrons. The van der Waals surface area contributed by atoms with Crippen molar-refractivity contribution >= 4 is 27.6 Å². The summed E-state index contributed by atoms with van der Waals surface area (Å²) in [5.41, 5.74) is 0.0814. The molecule has 13 heteroatoms. The van der Waals surface area contributed by atoms with Crippen molar-refractivity contribution in [2.45, 2.75) is 38.1 Å². The average Bonchev–Trinajstić information content (AvgIpc) is 3.11. The fraction of sp³-hybridized carbons (Fsp3) is 0.400. The maximum atomic E-state index is 12.6. The van der Waals surface area contributed by atoms with Crippen molar-refractivity contribution in [2.75, 3.05) is 18.4 Å². The third kappa shape index (κ3) is 6.71. The van der Waals surface area contributed by atoms with Crippen molar-refractivity contribution in [1.82, 2.24) is 8.87 Å². The predicted molar refractivity (Wildman–Crippen MR) is 112 cm³/mol. The molecule has 33 heavy (non-hydrogen) atoms. The van der Waals surface area contributed by atoms with E-state index in [-0.39, 0.29) is 29.4 Å². The summed E-state index contributed by atoms with van der Waals surface area (Å²) in [4.78, 5) is 24.7. The minimum absolute atomic E-state index is 0.0750. The van der Waals surface area contributed by atoms with Gasteiger partial charge in [0.2, 0.25) is 10.0 Å². The third-order valence-electron chi connectivity index (χ3n) is 4.54. The molecule has 2 aromatic rings. The van der Waals surface area contributed by atoms with Crippen molar-refractivity contribution in [3.05, 3.63) is 42.2 Å². The standard InChI is InChI=1S/C20H24F3N3O6S/c1-5-26(6-2)33(29,30)16-11-17(25(4)12-16)19(28)31-13(3)18(27)24-14-7-9-15(10-8-14)32-20(21,22)23/h7-13H,5-6H2,1-4H3,(H,24,27). The van der Waals surface area contributed by atoms with Gasteiger partial charge in [-0.15, -0.1) is 13.2 Å². The Morgan fingerprint density at radius 3 is 2.24 bits per heavy atom. The molecular formula is C20H24F3N3O6S. The summed E-state index contributed by atoms with van der Waals surface area (Å²) < 4.78 is 73.3. The molecule has 0 spiro atoms. The molecule has 0 bridgehead atoms. The summed E-state index contributed by atoms with van der Waals surface area (Å²) >= 11 is 0. The van der Waals surface area contributed by atoms with E-state index in [1.54, 1.807) is 13.8 Å². The van der Waals surface area contributed by atoms with E-state index in [4.69, 9.17) is 4.74 Å². The summed E-state index contributed by atoms with van der Waals surface area (Å²) in [7, 11) is -2.33. The molecule has 1 N–H and O–H groups in total. The Morgan fingerprint density at radius 1 is 1.15 bits per heavy atom. The molecule has 0 aliphatic heterocycles. The second-order valence-corrected chi connectivity index (χ2v) is 8.81. The van der Waals surface area contributed by atoms with Crippen LogP contribution in [-0.4, -0.2) is 54.7 Å². The predicted octanol–water partition coefficient (Wildman–Crippen LogP) is 3.14. The van der Waals surface area contributed by atoms with Crippen molar-refractivity contribution in [3.63, 3.8) is 0 Å². The molecule has 0 saturated heterocycles. The lowest BCUT2D eigenvalue weighted by molar-refractivity contribution is -0.274. The molecule has 1 amide bonds. The second-order valence-electron chi connectivity index (χ2n) is 6.87. The van der Waals surface area contributed by atoms with Crippen molar-refractivity contribution in [3.8, 4) is 5.75 Å². The molecule has 0 fully saturated rings.